The molecule has 0 spiro atoms. The number of carbonyl (C=O) groups is 2. The van der Waals surface area contributed by atoms with Gasteiger partial charge in [-0.25, -0.2) is 17.9 Å². The smallest absolute Gasteiger partial charge is 0.348 e. The zero-order valence-electron chi connectivity index (χ0n) is 13.8. The number of carbonyl (C=O) groups excluding carboxylic acids is 2. The van der Waals surface area contributed by atoms with Crippen molar-refractivity contribution in [2.45, 2.75) is 6.42 Å². The van der Waals surface area contributed by atoms with Gasteiger partial charge in [-0.15, -0.1) is 11.3 Å². The minimum Gasteiger partial charge on any atom is -0.451 e. The first-order valence-electron chi connectivity index (χ1n) is 7.49. The lowest BCUT2D eigenvalue weighted by molar-refractivity contribution is -0.119. The summed E-state index contributed by atoms with van der Waals surface area (Å²) in [6, 6.07) is 10.3. The Kier molecular flexibility index (Phi) is 7.33. The number of benzene rings is 1. The van der Waals surface area contributed by atoms with Crippen molar-refractivity contribution < 1.29 is 22.7 Å². The van der Waals surface area contributed by atoms with Gasteiger partial charge in [-0.3, -0.25) is 4.79 Å². The minimum atomic E-state index is -3.23. The van der Waals surface area contributed by atoms with Crippen LogP contribution in [0.2, 0.25) is 0 Å². The lowest BCUT2D eigenvalue weighted by atomic mass is 10.3. The summed E-state index contributed by atoms with van der Waals surface area (Å²) in [6.45, 7) is -0.138. The Labute approximate surface area is 163 Å². The number of hydrogen-bond acceptors (Lipinski definition) is 6. The summed E-state index contributed by atoms with van der Waals surface area (Å²) in [4.78, 5) is 25.0. The van der Waals surface area contributed by atoms with Crippen molar-refractivity contribution in [3.8, 4) is 0 Å². The first kappa shape index (κ1) is 20.6. The summed E-state index contributed by atoms with van der Waals surface area (Å²) in [5.74, 6) is -1.03. The Bertz CT molecular complexity index is 878. The molecule has 0 saturated carbocycles. The summed E-state index contributed by atoms with van der Waals surface area (Å²) in [7, 11) is -3.23. The lowest BCUT2D eigenvalue weighted by Gasteiger charge is -2.06. The predicted octanol–water partition coefficient (Wildman–Crippen LogP) is 2.40. The van der Waals surface area contributed by atoms with Gasteiger partial charge in [-0.2, -0.15) is 0 Å². The zero-order chi connectivity index (χ0) is 19.2. The van der Waals surface area contributed by atoms with Gasteiger partial charge in [0.25, 0.3) is 5.91 Å². The van der Waals surface area contributed by atoms with Gasteiger partial charge in [-0.05, 0) is 42.8 Å². The van der Waals surface area contributed by atoms with Crippen LogP contribution in [0, 0.1) is 0 Å². The highest BCUT2D eigenvalue weighted by Gasteiger charge is 2.13. The fourth-order valence-corrected chi connectivity index (χ4v) is 3.55. The third kappa shape index (κ3) is 7.24. The fraction of sp³-hybridized carbons (Fsp3) is 0.250. The first-order chi connectivity index (χ1) is 12.2. The number of esters is 1. The van der Waals surface area contributed by atoms with Crippen LogP contribution in [-0.4, -0.2) is 39.7 Å². The van der Waals surface area contributed by atoms with Crippen LogP contribution in [0.1, 0.15) is 14.5 Å². The summed E-state index contributed by atoms with van der Waals surface area (Å²) in [6.07, 6.45) is 1.55. The van der Waals surface area contributed by atoms with Gasteiger partial charge >= 0.3 is 5.97 Å². The summed E-state index contributed by atoms with van der Waals surface area (Å²) >= 11 is 4.50. The highest BCUT2D eigenvalue weighted by Crippen LogP contribution is 2.18. The molecule has 10 heteroatoms. The lowest BCUT2D eigenvalue weighted by Crippen LogP contribution is -2.24. The molecule has 2 N–H and O–H groups in total. The van der Waals surface area contributed by atoms with E-state index in [1.165, 1.54) is 11.3 Å². The van der Waals surface area contributed by atoms with E-state index < -0.39 is 28.5 Å². The topological polar surface area (TPSA) is 102 Å². The quantitative estimate of drug-likeness (QED) is 0.588. The second-order valence-electron chi connectivity index (χ2n) is 5.31. The number of amides is 1. The Morgan fingerprint density at radius 3 is 2.50 bits per heavy atom. The third-order valence-electron chi connectivity index (χ3n) is 3.06. The van der Waals surface area contributed by atoms with E-state index in [1.54, 1.807) is 36.4 Å². The third-order valence-corrected chi connectivity index (χ3v) is 5.44. The maximum Gasteiger partial charge on any atom is 0.348 e. The van der Waals surface area contributed by atoms with E-state index in [9.17, 15) is 18.0 Å². The molecule has 1 amide bonds. The average molecular weight is 461 g/mol. The monoisotopic (exact) mass is 460 g/mol. The van der Waals surface area contributed by atoms with Gasteiger partial charge in [-0.1, -0.05) is 15.9 Å². The molecule has 0 bridgehead atoms. The summed E-state index contributed by atoms with van der Waals surface area (Å²) in [5.41, 5.74) is 0.603. The average Bonchev–Trinajstić information content (AvgIpc) is 3.02. The number of thiophene rings is 1. The van der Waals surface area contributed by atoms with Crippen molar-refractivity contribution in [3.05, 3.63) is 50.6 Å². The van der Waals surface area contributed by atoms with Crippen molar-refractivity contribution in [2.75, 3.05) is 24.7 Å². The van der Waals surface area contributed by atoms with Crippen molar-refractivity contribution in [3.63, 3.8) is 0 Å². The van der Waals surface area contributed by atoms with Crippen LogP contribution in [0.5, 0.6) is 0 Å². The SMILES string of the molecule is CS(=O)(=O)NCCc1ccc(C(=O)OCC(=O)Nc2ccc(Br)cc2)s1. The van der Waals surface area contributed by atoms with Crippen molar-refractivity contribution >= 4 is 54.9 Å². The zero-order valence-corrected chi connectivity index (χ0v) is 17.0. The van der Waals surface area contributed by atoms with Crippen molar-refractivity contribution in [2.24, 2.45) is 0 Å². The highest BCUT2D eigenvalue weighted by molar-refractivity contribution is 9.10. The van der Waals surface area contributed by atoms with Gasteiger partial charge in [0.15, 0.2) is 6.61 Å². The number of anilines is 1. The molecule has 0 radical (unpaired) electrons. The van der Waals surface area contributed by atoms with Crippen LogP contribution < -0.4 is 10.0 Å². The number of halogens is 1. The van der Waals surface area contributed by atoms with E-state index in [2.05, 4.69) is 26.0 Å². The van der Waals surface area contributed by atoms with E-state index in [1.807, 2.05) is 0 Å². The molecule has 0 saturated heterocycles. The highest BCUT2D eigenvalue weighted by atomic mass is 79.9. The van der Waals surface area contributed by atoms with E-state index in [0.717, 1.165) is 15.6 Å². The second-order valence-corrected chi connectivity index (χ2v) is 9.23. The van der Waals surface area contributed by atoms with Crippen LogP contribution in [0.3, 0.4) is 0 Å². The molecule has 2 rings (SSSR count). The van der Waals surface area contributed by atoms with Gasteiger partial charge in [0, 0.05) is 21.6 Å². The van der Waals surface area contributed by atoms with Crippen LogP contribution in [0.4, 0.5) is 5.69 Å². The van der Waals surface area contributed by atoms with Gasteiger partial charge < -0.3 is 10.1 Å². The minimum absolute atomic E-state index is 0.253. The van der Waals surface area contributed by atoms with Crippen LogP contribution in [-0.2, 0) is 26.0 Å². The van der Waals surface area contributed by atoms with E-state index in [4.69, 9.17) is 4.74 Å². The van der Waals surface area contributed by atoms with Crippen molar-refractivity contribution in [1.82, 2.24) is 4.72 Å². The maximum atomic E-state index is 12.0. The number of hydrogen-bond donors (Lipinski definition) is 2. The normalized spacial score (nSPS) is 11.2. The molecule has 1 aromatic heterocycles. The van der Waals surface area contributed by atoms with Crippen LogP contribution in [0.25, 0.3) is 0 Å². The molecule has 0 aliphatic carbocycles. The largest absolute Gasteiger partial charge is 0.451 e. The fourth-order valence-electron chi connectivity index (χ4n) is 1.91. The Hall–Kier alpha value is -1.75. The molecule has 1 heterocycles. The summed E-state index contributed by atoms with van der Waals surface area (Å²) < 4.78 is 30.3. The van der Waals surface area contributed by atoms with Crippen molar-refractivity contribution in [1.29, 1.82) is 0 Å². The molecule has 0 fully saturated rings. The van der Waals surface area contributed by atoms with Gasteiger partial charge in [0.05, 0.1) is 6.26 Å². The van der Waals surface area contributed by atoms with Gasteiger partial charge in [0.1, 0.15) is 4.88 Å². The standard InChI is InChI=1S/C16H17BrN2O5S2/c1-26(22,23)18-9-8-13-6-7-14(25-13)16(21)24-10-15(20)19-12-4-2-11(17)3-5-12/h2-7,18H,8-10H2,1H3,(H,19,20). The van der Waals surface area contributed by atoms with Crippen LogP contribution in [0.15, 0.2) is 40.9 Å². The van der Waals surface area contributed by atoms with E-state index >= 15 is 0 Å². The number of rotatable bonds is 8. The predicted molar refractivity (Wildman–Crippen MR) is 104 cm³/mol. The Morgan fingerprint density at radius 1 is 1.15 bits per heavy atom. The molecule has 1 aromatic carbocycles. The molecule has 7 nitrogen and oxygen atoms in total. The second kappa shape index (κ2) is 9.26. The molecular formula is C16H17BrN2O5S2. The number of sulfonamides is 1. The molecule has 0 aliphatic heterocycles. The first-order valence-corrected chi connectivity index (χ1v) is 11.0. The molecule has 0 unspecified atom stereocenters. The van der Waals surface area contributed by atoms with E-state index in [-0.39, 0.29) is 6.54 Å². The summed E-state index contributed by atoms with van der Waals surface area (Å²) in [5, 5.41) is 2.62. The number of nitrogens with one attached hydrogen (secondary N) is 2. The molecule has 26 heavy (non-hydrogen) atoms. The molecule has 2 aromatic rings. The molecule has 0 aliphatic rings. The Balaban J connectivity index is 1.78. The van der Waals surface area contributed by atoms with Gasteiger partial charge in [0.2, 0.25) is 10.0 Å². The molecular weight excluding hydrogens is 444 g/mol. The Morgan fingerprint density at radius 2 is 1.85 bits per heavy atom. The van der Waals surface area contributed by atoms with Crippen LogP contribution >= 0.6 is 27.3 Å². The number of ether oxygens (including phenoxy) is 1. The maximum absolute atomic E-state index is 12.0. The van der Waals surface area contributed by atoms with E-state index in [0.29, 0.717) is 17.0 Å². The molecule has 140 valence electrons. The molecule has 0 atom stereocenters.